The summed E-state index contributed by atoms with van der Waals surface area (Å²) in [5.41, 5.74) is 16.1. The van der Waals surface area contributed by atoms with Gasteiger partial charge in [-0.05, 0) is 33.6 Å². The van der Waals surface area contributed by atoms with Crippen LogP contribution in [0.2, 0.25) is 0 Å². The number of aliphatic hydroxyl groups excluding tert-OH is 8. The minimum atomic E-state index is -1.87. The van der Waals surface area contributed by atoms with Crippen LogP contribution >= 0.6 is 0 Å². The molecule has 0 bridgehead atoms. The zero-order chi connectivity index (χ0) is 30.6. The van der Waals surface area contributed by atoms with Crippen LogP contribution in [0.4, 0.5) is 0 Å². The normalized spacial score (nSPS) is 47.6. The second kappa shape index (κ2) is 14.8. The van der Waals surface area contributed by atoms with E-state index >= 15 is 0 Å². The van der Waals surface area contributed by atoms with Gasteiger partial charge < -0.3 is 86.6 Å². The summed E-state index contributed by atoms with van der Waals surface area (Å²) in [7, 11) is 3.76. The maximum Gasteiger partial charge on any atom is 0.178 e. The Balaban J connectivity index is 1.74. The third-order valence-electron chi connectivity index (χ3n) is 7.68. The average molecular weight is 602 g/mol. The number of hydrogen-bond donors (Lipinski definition) is 12. The molecule has 3 rings (SSSR count). The van der Waals surface area contributed by atoms with Crippen molar-refractivity contribution in [2.24, 2.45) is 17.2 Å². The molecule has 2 unspecified atom stereocenters. The second-order valence-corrected chi connectivity index (χ2v) is 10.9. The fourth-order valence-corrected chi connectivity index (χ4v) is 5.11. The molecule has 15 N–H and O–H groups in total. The first kappa shape index (κ1) is 34.8. The molecule has 0 aliphatic carbocycles. The van der Waals surface area contributed by atoms with Crippen molar-refractivity contribution in [3.63, 3.8) is 0 Å². The van der Waals surface area contributed by atoms with Gasteiger partial charge in [0.05, 0.1) is 37.9 Å². The van der Waals surface area contributed by atoms with Crippen LogP contribution in [0.15, 0.2) is 0 Å². The second-order valence-electron chi connectivity index (χ2n) is 10.9. The monoisotopic (exact) mass is 601 g/mol. The molecule has 3 aliphatic rings. The zero-order valence-electron chi connectivity index (χ0n) is 23.1. The maximum atomic E-state index is 11.1. The van der Waals surface area contributed by atoms with Crippen molar-refractivity contribution in [2.75, 3.05) is 47.0 Å². The first-order valence-electron chi connectivity index (χ1n) is 13.5. The number of rotatable bonds is 12. The third kappa shape index (κ3) is 7.51. The van der Waals surface area contributed by atoms with Crippen molar-refractivity contribution >= 4 is 0 Å². The van der Waals surface area contributed by atoms with Crippen LogP contribution < -0.4 is 22.5 Å². The smallest absolute Gasteiger partial charge is 0.178 e. The van der Waals surface area contributed by atoms with Gasteiger partial charge in [-0.25, -0.2) is 0 Å². The standard InChI is InChI=1S/C23H47N5O13/c1-28(2)5-3-4-27-23(8-31)19(35)16(34)13(26)22(41-23)40-18-10(7-30)38-21(12(25)15(18)33)39-17-9(6-29)37-20(36)11(24)14(17)32/h9-22,27,29-36H,3-8,24-26H2,1-2H3/t9-,10-,11-,12-,13-,14-,15-,16-,17?,18?,19+,20-,21+,22+,23-/m1/s1. The average Bonchev–Trinajstić information content (AvgIpc) is 2.95. The largest absolute Gasteiger partial charge is 0.394 e. The Morgan fingerprint density at radius 1 is 0.780 bits per heavy atom. The Hall–Kier alpha value is -0.720. The first-order valence-corrected chi connectivity index (χ1v) is 13.5. The lowest BCUT2D eigenvalue weighted by molar-refractivity contribution is -0.364. The topological polar surface area (TPSA) is 301 Å². The molecule has 0 aromatic carbocycles. The van der Waals surface area contributed by atoms with E-state index in [0.29, 0.717) is 13.0 Å². The van der Waals surface area contributed by atoms with Crippen molar-refractivity contribution < 1.29 is 64.5 Å². The van der Waals surface area contributed by atoms with E-state index in [-0.39, 0.29) is 6.54 Å². The highest BCUT2D eigenvalue weighted by atomic mass is 16.7. The van der Waals surface area contributed by atoms with Crippen LogP contribution in [0.25, 0.3) is 0 Å². The minimum absolute atomic E-state index is 0.287. The molecule has 0 aromatic rings. The van der Waals surface area contributed by atoms with Gasteiger partial charge in [-0.1, -0.05) is 0 Å². The summed E-state index contributed by atoms with van der Waals surface area (Å²) in [6, 6.07) is -4.00. The van der Waals surface area contributed by atoms with E-state index in [1.165, 1.54) is 0 Å². The lowest BCUT2D eigenvalue weighted by Crippen LogP contribution is -2.74. The molecular formula is C23H47N5O13. The summed E-state index contributed by atoms with van der Waals surface area (Å²) in [5.74, 6) is 0. The Labute approximate surface area is 237 Å². The summed E-state index contributed by atoms with van der Waals surface area (Å²) < 4.78 is 28.3. The molecule has 0 aromatic heterocycles. The predicted octanol–water partition coefficient (Wildman–Crippen LogP) is -7.80. The van der Waals surface area contributed by atoms with Crippen molar-refractivity contribution in [2.45, 2.75) is 98.0 Å². The molecular weight excluding hydrogens is 554 g/mol. The Bertz CT molecular complexity index is 803. The fourth-order valence-electron chi connectivity index (χ4n) is 5.11. The summed E-state index contributed by atoms with van der Waals surface area (Å²) in [6.45, 7) is -1.17. The van der Waals surface area contributed by atoms with E-state index in [0.717, 1.165) is 0 Å². The molecule has 0 spiro atoms. The highest BCUT2D eigenvalue weighted by Crippen LogP contribution is 2.33. The van der Waals surface area contributed by atoms with Crippen molar-refractivity contribution in [1.29, 1.82) is 0 Å². The molecule has 41 heavy (non-hydrogen) atoms. The Kier molecular flexibility index (Phi) is 12.6. The first-order chi connectivity index (χ1) is 19.3. The molecule has 3 saturated heterocycles. The highest BCUT2D eigenvalue weighted by molar-refractivity contribution is 5.02. The molecule has 242 valence electrons. The van der Waals surface area contributed by atoms with Gasteiger partial charge in [0, 0.05) is 0 Å². The van der Waals surface area contributed by atoms with Gasteiger partial charge in [-0.2, -0.15) is 0 Å². The van der Waals surface area contributed by atoms with E-state index in [1.807, 2.05) is 19.0 Å². The van der Waals surface area contributed by atoms with Gasteiger partial charge in [0.25, 0.3) is 0 Å². The van der Waals surface area contributed by atoms with Crippen molar-refractivity contribution in [3.8, 4) is 0 Å². The highest BCUT2D eigenvalue weighted by Gasteiger charge is 2.56. The number of nitrogens with one attached hydrogen (secondary N) is 1. The lowest BCUT2D eigenvalue weighted by Gasteiger charge is -2.51. The predicted molar refractivity (Wildman–Crippen MR) is 137 cm³/mol. The van der Waals surface area contributed by atoms with Gasteiger partial charge >= 0.3 is 0 Å². The fraction of sp³-hybridized carbons (Fsp3) is 1.00. The molecule has 3 heterocycles. The van der Waals surface area contributed by atoms with Crippen LogP contribution in [0.1, 0.15) is 6.42 Å². The number of nitrogens with two attached hydrogens (primary N) is 3. The molecule has 15 atom stereocenters. The molecule has 0 amide bonds. The maximum absolute atomic E-state index is 11.1. The number of hydrogen-bond acceptors (Lipinski definition) is 18. The van der Waals surface area contributed by atoms with Gasteiger partial charge in [0.1, 0.15) is 48.8 Å². The summed E-state index contributed by atoms with van der Waals surface area (Å²) in [6.07, 6.45) is -15.6. The quantitative estimate of drug-likeness (QED) is 0.0924. The SMILES string of the molecule is CN(C)CCCN[C@]1(CO)O[C@H](OC2[C@@H](CO)O[C@@H](OC3[C@@H](CO)O[C@@H](O)[C@H](N)[C@H]3O)[C@H](N)[C@H]2O)[C@H](N)[C@@H](O)[C@@H]1O. The van der Waals surface area contributed by atoms with Crippen LogP contribution in [-0.4, -0.2) is 184 Å². The summed E-state index contributed by atoms with van der Waals surface area (Å²) >= 11 is 0. The molecule has 18 heteroatoms. The molecule has 3 aliphatic heterocycles. The van der Waals surface area contributed by atoms with E-state index in [4.69, 9.17) is 40.9 Å². The third-order valence-corrected chi connectivity index (χ3v) is 7.68. The van der Waals surface area contributed by atoms with E-state index < -0.39 is 111 Å². The number of nitrogens with zero attached hydrogens (tertiary/aromatic N) is 1. The molecule has 18 nitrogen and oxygen atoms in total. The Morgan fingerprint density at radius 3 is 1.88 bits per heavy atom. The zero-order valence-corrected chi connectivity index (χ0v) is 23.1. The molecule has 0 radical (unpaired) electrons. The van der Waals surface area contributed by atoms with E-state index in [2.05, 4.69) is 5.32 Å². The lowest BCUT2D eigenvalue weighted by atomic mass is 9.91. The summed E-state index contributed by atoms with van der Waals surface area (Å²) in [5, 5.41) is 85.5. The van der Waals surface area contributed by atoms with Crippen LogP contribution in [0.5, 0.6) is 0 Å². The van der Waals surface area contributed by atoms with Gasteiger partial charge in [0.2, 0.25) is 0 Å². The number of aliphatic hydroxyl groups is 8. The van der Waals surface area contributed by atoms with Crippen molar-refractivity contribution in [3.05, 3.63) is 0 Å². The van der Waals surface area contributed by atoms with E-state index in [9.17, 15) is 40.9 Å². The molecule has 3 fully saturated rings. The minimum Gasteiger partial charge on any atom is -0.394 e. The summed E-state index contributed by atoms with van der Waals surface area (Å²) in [4.78, 5) is 1.94. The van der Waals surface area contributed by atoms with Crippen LogP contribution in [0, 0.1) is 0 Å². The number of ether oxygens (including phenoxy) is 5. The Morgan fingerprint density at radius 2 is 1.32 bits per heavy atom. The van der Waals surface area contributed by atoms with Crippen LogP contribution in [-0.2, 0) is 23.7 Å². The molecule has 0 saturated carbocycles. The van der Waals surface area contributed by atoms with Crippen LogP contribution in [0.3, 0.4) is 0 Å². The van der Waals surface area contributed by atoms with Gasteiger partial charge in [-0.15, -0.1) is 0 Å². The van der Waals surface area contributed by atoms with Gasteiger partial charge in [-0.3, -0.25) is 5.32 Å². The van der Waals surface area contributed by atoms with E-state index in [1.54, 1.807) is 0 Å². The van der Waals surface area contributed by atoms with Crippen molar-refractivity contribution in [1.82, 2.24) is 10.2 Å². The van der Waals surface area contributed by atoms with Gasteiger partial charge in [0.15, 0.2) is 24.6 Å².